The van der Waals surface area contributed by atoms with Crippen LogP contribution in [-0.2, 0) is 6.42 Å². The van der Waals surface area contributed by atoms with Crippen LogP contribution in [0.15, 0.2) is 46.9 Å². The molecule has 1 aliphatic rings. The predicted octanol–water partition coefficient (Wildman–Crippen LogP) is 3.92. The van der Waals surface area contributed by atoms with E-state index in [1.807, 2.05) is 41.3 Å². The Morgan fingerprint density at radius 2 is 1.82 bits per heavy atom. The average Bonchev–Trinajstić information content (AvgIpc) is 3.11. The Labute approximate surface area is 164 Å². The van der Waals surface area contributed by atoms with Gasteiger partial charge in [0.2, 0.25) is 0 Å². The molecule has 2 heterocycles. The number of aryl methyl sites for hydroxylation is 1. The number of carbonyl (C=O) groups is 1. The summed E-state index contributed by atoms with van der Waals surface area (Å²) >= 11 is 0. The van der Waals surface area contributed by atoms with Crippen molar-refractivity contribution in [1.82, 2.24) is 9.80 Å². The second-order valence-corrected chi connectivity index (χ2v) is 7.25. The topological polar surface area (TPSA) is 60.5 Å². The monoisotopic (exact) mass is 373 g/mol. The van der Waals surface area contributed by atoms with Crippen molar-refractivity contribution in [3.8, 4) is 17.2 Å². The fourth-order valence-electron chi connectivity index (χ4n) is 3.75. The highest BCUT2D eigenvalue weighted by atomic mass is 16.3. The van der Waals surface area contributed by atoms with Crippen LogP contribution in [-0.4, -0.2) is 48.9 Å². The molecule has 0 saturated carbocycles. The fraction of sp³-hybridized carbons (Fsp3) is 0.304. The minimum Gasteiger partial charge on any atom is -0.460 e. The van der Waals surface area contributed by atoms with Gasteiger partial charge in [0.1, 0.15) is 11.3 Å². The molecule has 0 atom stereocenters. The average molecular weight is 373 g/mol. The number of hydrogen-bond donors (Lipinski definition) is 0. The standard InChI is InChI=1S/C23H23N3O2/c1-3-20-22(19-14-16(15-24)4-9-21(19)28-20)17-5-7-18(8-6-17)23(27)26-12-10-25(2)11-13-26/h4-9,14H,3,10-13H2,1-2H3. The van der Waals surface area contributed by atoms with E-state index < -0.39 is 0 Å². The summed E-state index contributed by atoms with van der Waals surface area (Å²) in [5, 5.41) is 10.2. The van der Waals surface area contributed by atoms with Gasteiger partial charge >= 0.3 is 0 Å². The van der Waals surface area contributed by atoms with Crippen LogP contribution in [0, 0.1) is 11.3 Å². The maximum absolute atomic E-state index is 12.8. The Morgan fingerprint density at radius 3 is 2.46 bits per heavy atom. The zero-order chi connectivity index (χ0) is 19.7. The Bertz CT molecular complexity index is 1050. The van der Waals surface area contributed by atoms with Crippen molar-refractivity contribution < 1.29 is 9.21 Å². The van der Waals surface area contributed by atoms with Crippen molar-refractivity contribution in [3.63, 3.8) is 0 Å². The van der Waals surface area contributed by atoms with E-state index in [1.165, 1.54) is 0 Å². The van der Waals surface area contributed by atoms with E-state index in [-0.39, 0.29) is 5.91 Å². The zero-order valence-corrected chi connectivity index (χ0v) is 16.2. The lowest BCUT2D eigenvalue weighted by atomic mass is 9.98. The van der Waals surface area contributed by atoms with E-state index in [0.717, 1.165) is 60.5 Å². The molecule has 3 aromatic rings. The van der Waals surface area contributed by atoms with Crippen LogP contribution < -0.4 is 0 Å². The number of piperazine rings is 1. The number of benzene rings is 2. The quantitative estimate of drug-likeness (QED) is 0.698. The molecule has 0 aliphatic carbocycles. The summed E-state index contributed by atoms with van der Waals surface area (Å²) in [7, 11) is 2.08. The summed E-state index contributed by atoms with van der Waals surface area (Å²) < 4.78 is 6.00. The normalized spacial score (nSPS) is 15.0. The lowest BCUT2D eigenvalue weighted by Crippen LogP contribution is -2.47. The summed E-state index contributed by atoms with van der Waals surface area (Å²) in [5.74, 6) is 0.974. The van der Waals surface area contributed by atoms with E-state index in [4.69, 9.17) is 4.42 Å². The molecule has 1 aliphatic heterocycles. The van der Waals surface area contributed by atoms with Gasteiger partial charge in [-0.25, -0.2) is 0 Å². The highest BCUT2D eigenvalue weighted by molar-refractivity contribution is 5.98. The molecule has 0 radical (unpaired) electrons. The lowest BCUT2D eigenvalue weighted by Gasteiger charge is -2.32. The summed E-state index contributed by atoms with van der Waals surface area (Å²) in [6.45, 7) is 5.40. The SMILES string of the molecule is CCc1oc2ccc(C#N)cc2c1-c1ccc(C(=O)N2CCN(C)CC2)cc1. The largest absolute Gasteiger partial charge is 0.460 e. The van der Waals surface area contributed by atoms with Crippen molar-refractivity contribution in [2.24, 2.45) is 0 Å². The fourth-order valence-corrected chi connectivity index (χ4v) is 3.75. The van der Waals surface area contributed by atoms with Gasteiger partial charge in [0.05, 0.1) is 11.6 Å². The van der Waals surface area contributed by atoms with Crippen LogP contribution in [0.5, 0.6) is 0 Å². The van der Waals surface area contributed by atoms with Gasteiger partial charge in [0.15, 0.2) is 0 Å². The number of furan rings is 1. The number of nitriles is 1. The summed E-state index contributed by atoms with van der Waals surface area (Å²) in [4.78, 5) is 16.9. The van der Waals surface area contributed by atoms with Crippen molar-refractivity contribution >= 4 is 16.9 Å². The molecule has 0 unspecified atom stereocenters. The molecule has 1 amide bonds. The van der Waals surface area contributed by atoms with E-state index in [9.17, 15) is 10.1 Å². The van der Waals surface area contributed by atoms with Gasteiger partial charge in [0.25, 0.3) is 5.91 Å². The summed E-state index contributed by atoms with van der Waals surface area (Å²) in [6.07, 6.45) is 0.758. The van der Waals surface area contributed by atoms with Gasteiger partial charge in [-0.3, -0.25) is 4.79 Å². The molecule has 1 saturated heterocycles. The molecular weight excluding hydrogens is 350 g/mol. The highest BCUT2D eigenvalue weighted by Gasteiger charge is 2.21. The van der Waals surface area contributed by atoms with E-state index in [0.29, 0.717) is 11.1 Å². The summed E-state index contributed by atoms with van der Waals surface area (Å²) in [5.41, 5.74) is 4.10. The number of fused-ring (bicyclic) bond motifs is 1. The molecule has 1 fully saturated rings. The first-order valence-electron chi connectivity index (χ1n) is 9.64. The summed E-state index contributed by atoms with van der Waals surface area (Å²) in [6, 6.07) is 15.4. The third kappa shape index (κ3) is 3.28. The molecular formula is C23H23N3O2. The zero-order valence-electron chi connectivity index (χ0n) is 16.2. The molecule has 4 rings (SSSR count). The molecule has 5 nitrogen and oxygen atoms in total. The van der Waals surface area contributed by atoms with Gasteiger partial charge in [0, 0.05) is 49.1 Å². The third-order valence-electron chi connectivity index (χ3n) is 5.42. The number of hydrogen-bond acceptors (Lipinski definition) is 4. The van der Waals surface area contributed by atoms with Gasteiger partial charge in [-0.05, 0) is 42.9 Å². The van der Waals surface area contributed by atoms with Gasteiger partial charge in [-0.2, -0.15) is 5.26 Å². The van der Waals surface area contributed by atoms with Crippen LogP contribution >= 0.6 is 0 Å². The molecule has 5 heteroatoms. The second kappa shape index (κ2) is 7.49. The van der Waals surface area contributed by atoms with Gasteiger partial charge in [-0.1, -0.05) is 19.1 Å². The Hall–Kier alpha value is -3.10. The Kier molecular flexibility index (Phi) is 4.89. The molecule has 0 bridgehead atoms. The number of nitrogens with zero attached hydrogens (tertiary/aromatic N) is 3. The first-order valence-corrected chi connectivity index (χ1v) is 9.64. The van der Waals surface area contributed by atoms with Gasteiger partial charge in [-0.15, -0.1) is 0 Å². The molecule has 1 aromatic heterocycles. The Morgan fingerprint density at radius 1 is 1.11 bits per heavy atom. The number of rotatable bonds is 3. The molecule has 142 valence electrons. The maximum Gasteiger partial charge on any atom is 0.253 e. The Balaban J connectivity index is 1.67. The number of carbonyl (C=O) groups excluding carboxylic acids is 1. The third-order valence-corrected chi connectivity index (χ3v) is 5.42. The van der Waals surface area contributed by atoms with Crippen molar-refractivity contribution in [2.75, 3.05) is 33.2 Å². The molecule has 0 spiro atoms. The number of amides is 1. The van der Waals surface area contributed by atoms with E-state index in [2.05, 4.69) is 24.9 Å². The lowest BCUT2D eigenvalue weighted by molar-refractivity contribution is 0.0664. The first-order chi connectivity index (χ1) is 13.6. The molecule has 0 N–H and O–H groups in total. The van der Waals surface area contributed by atoms with Crippen LogP contribution in [0.4, 0.5) is 0 Å². The number of likely N-dealkylation sites (N-methyl/N-ethyl adjacent to an activating group) is 1. The molecule has 28 heavy (non-hydrogen) atoms. The van der Waals surface area contributed by atoms with Crippen LogP contribution in [0.2, 0.25) is 0 Å². The van der Waals surface area contributed by atoms with Crippen molar-refractivity contribution in [2.45, 2.75) is 13.3 Å². The maximum atomic E-state index is 12.8. The van der Waals surface area contributed by atoms with Crippen molar-refractivity contribution in [1.29, 1.82) is 5.26 Å². The minimum absolute atomic E-state index is 0.0826. The van der Waals surface area contributed by atoms with Crippen LogP contribution in [0.25, 0.3) is 22.1 Å². The van der Waals surface area contributed by atoms with Gasteiger partial charge < -0.3 is 14.2 Å². The van der Waals surface area contributed by atoms with E-state index >= 15 is 0 Å². The smallest absolute Gasteiger partial charge is 0.253 e. The minimum atomic E-state index is 0.0826. The predicted molar refractivity (Wildman–Crippen MR) is 109 cm³/mol. The van der Waals surface area contributed by atoms with Crippen LogP contribution in [0.3, 0.4) is 0 Å². The molecule has 2 aromatic carbocycles. The first kappa shape index (κ1) is 18.3. The van der Waals surface area contributed by atoms with Crippen LogP contribution in [0.1, 0.15) is 28.6 Å². The second-order valence-electron chi connectivity index (χ2n) is 7.25. The highest BCUT2D eigenvalue weighted by Crippen LogP contribution is 2.36. The van der Waals surface area contributed by atoms with Crippen molar-refractivity contribution in [3.05, 3.63) is 59.4 Å². The van der Waals surface area contributed by atoms with E-state index in [1.54, 1.807) is 6.07 Å².